The average Bonchev–Trinajstić information content (AvgIpc) is 2.71. The van der Waals surface area contributed by atoms with Gasteiger partial charge in [-0.2, -0.15) is 0 Å². The van der Waals surface area contributed by atoms with Crippen molar-refractivity contribution in [1.29, 1.82) is 0 Å². The number of guanidine groups is 1. The summed E-state index contributed by atoms with van der Waals surface area (Å²) in [6, 6.07) is 10.5. The summed E-state index contributed by atoms with van der Waals surface area (Å²) in [4.78, 5) is 18.8. The summed E-state index contributed by atoms with van der Waals surface area (Å²) in [6.45, 7) is 9.99. The number of hydrogen-bond acceptors (Lipinski definition) is 4. The molecule has 7 heteroatoms. The molecule has 0 aliphatic carbocycles. The highest BCUT2D eigenvalue weighted by Gasteiger charge is 2.17. The number of aliphatic imine (C=N–C) groups is 1. The van der Waals surface area contributed by atoms with E-state index in [0.717, 1.165) is 45.8 Å². The first-order valence-electron chi connectivity index (χ1n) is 9.83. The van der Waals surface area contributed by atoms with Crippen LogP contribution in [0.1, 0.15) is 19.4 Å². The maximum Gasteiger partial charge on any atom is 0.241 e. The van der Waals surface area contributed by atoms with Gasteiger partial charge in [0.05, 0.1) is 13.2 Å². The zero-order valence-corrected chi connectivity index (χ0v) is 16.5. The lowest BCUT2D eigenvalue weighted by atomic mass is 10.1. The molecule has 1 aromatic rings. The smallest absolute Gasteiger partial charge is 0.241 e. The molecule has 0 aromatic heterocycles. The van der Waals surface area contributed by atoms with Gasteiger partial charge in [0.2, 0.25) is 5.91 Å². The molecule has 1 fully saturated rings. The fourth-order valence-electron chi connectivity index (χ4n) is 2.93. The molecule has 1 atom stereocenters. The second kappa shape index (κ2) is 12.3. The van der Waals surface area contributed by atoms with E-state index < -0.39 is 0 Å². The van der Waals surface area contributed by atoms with Crippen LogP contribution in [-0.4, -0.2) is 75.3 Å². The highest BCUT2D eigenvalue weighted by Crippen LogP contribution is 2.02. The first kappa shape index (κ1) is 21.2. The fourth-order valence-corrected chi connectivity index (χ4v) is 2.93. The quantitative estimate of drug-likeness (QED) is 0.436. The minimum absolute atomic E-state index is 0.0654. The number of ether oxygens (including phenoxy) is 1. The molecule has 2 rings (SSSR count). The molecule has 1 saturated heterocycles. The van der Waals surface area contributed by atoms with Crippen molar-refractivity contribution in [3.8, 4) is 0 Å². The van der Waals surface area contributed by atoms with Gasteiger partial charge in [-0.25, -0.2) is 4.99 Å². The molecule has 1 heterocycles. The number of nitrogens with one attached hydrogen (secondary N) is 3. The third-order valence-electron chi connectivity index (χ3n) is 4.54. The van der Waals surface area contributed by atoms with Crippen LogP contribution in [0.4, 0.5) is 0 Å². The van der Waals surface area contributed by atoms with Crippen molar-refractivity contribution in [2.24, 2.45) is 4.99 Å². The molecule has 1 aromatic carbocycles. The molecular weight excluding hydrogens is 342 g/mol. The SMILES string of the molecule is CCNC(=NCC(=O)NCCc1ccccc1)NCC(C)N1CCOCC1. The van der Waals surface area contributed by atoms with Gasteiger partial charge < -0.3 is 20.7 Å². The van der Waals surface area contributed by atoms with Crippen LogP contribution in [0.5, 0.6) is 0 Å². The third kappa shape index (κ3) is 8.41. The highest BCUT2D eigenvalue weighted by molar-refractivity contribution is 5.84. The maximum absolute atomic E-state index is 12.0. The van der Waals surface area contributed by atoms with E-state index >= 15 is 0 Å². The zero-order chi connectivity index (χ0) is 19.3. The Morgan fingerprint density at radius 3 is 2.63 bits per heavy atom. The molecule has 1 unspecified atom stereocenters. The topological polar surface area (TPSA) is 78.0 Å². The Bertz CT molecular complexity index is 573. The summed E-state index contributed by atoms with van der Waals surface area (Å²) in [7, 11) is 0. The van der Waals surface area contributed by atoms with Crippen LogP contribution in [0.2, 0.25) is 0 Å². The first-order chi connectivity index (χ1) is 13.2. The number of hydrogen-bond donors (Lipinski definition) is 3. The monoisotopic (exact) mass is 375 g/mol. The van der Waals surface area contributed by atoms with E-state index in [4.69, 9.17) is 4.74 Å². The molecule has 0 saturated carbocycles. The summed E-state index contributed by atoms with van der Waals surface area (Å²) in [5, 5.41) is 9.45. The normalized spacial score (nSPS) is 16.6. The fraction of sp³-hybridized carbons (Fsp3) is 0.600. The third-order valence-corrected chi connectivity index (χ3v) is 4.54. The Morgan fingerprint density at radius 2 is 1.93 bits per heavy atom. The molecule has 1 amide bonds. The Labute approximate surface area is 162 Å². The van der Waals surface area contributed by atoms with Gasteiger partial charge in [0.15, 0.2) is 5.96 Å². The van der Waals surface area contributed by atoms with E-state index in [1.807, 2.05) is 25.1 Å². The maximum atomic E-state index is 12.0. The van der Waals surface area contributed by atoms with Crippen molar-refractivity contribution in [3.63, 3.8) is 0 Å². The number of amides is 1. The minimum Gasteiger partial charge on any atom is -0.379 e. The van der Waals surface area contributed by atoms with E-state index in [0.29, 0.717) is 18.5 Å². The van der Waals surface area contributed by atoms with Crippen LogP contribution in [0, 0.1) is 0 Å². The molecule has 0 bridgehead atoms. The molecule has 0 spiro atoms. The van der Waals surface area contributed by atoms with Crippen LogP contribution in [0.3, 0.4) is 0 Å². The second-order valence-electron chi connectivity index (χ2n) is 6.66. The van der Waals surface area contributed by atoms with Gasteiger partial charge in [-0.05, 0) is 25.8 Å². The van der Waals surface area contributed by atoms with E-state index in [2.05, 4.69) is 44.9 Å². The van der Waals surface area contributed by atoms with E-state index in [1.54, 1.807) is 0 Å². The molecule has 1 aliphatic heterocycles. The lowest BCUT2D eigenvalue weighted by Crippen LogP contribution is -2.49. The first-order valence-corrected chi connectivity index (χ1v) is 9.83. The number of carbonyl (C=O) groups is 1. The van der Waals surface area contributed by atoms with Gasteiger partial charge >= 0.3 is 0 Å². The number of benzene rings is 1. The van der Waals surface area contributed by atoms with Crippen molar-refractivity contribution in [3.05, 3.63) is 35.9 Å². The predicted molar refractivity (Wildman–Crippen MR) is 109 cm³/mol. The molecule has 0 radical (unpaired) electrons. The Morgan fingerprint density at radius 1 is 1.19 bits per heavy atom. The largest absolute Gasteiger partial charge is 0.379 e. The molecule has 150 valence electrons. The summed E-state index contributed by atoms with van der Waals surface area (Å²) < 4.78 is 5.40. The van der Waals surface area contributed by atoms with Crippen molar-refractivity contribution in [1.82, 2.24) is 20.9 Å². The summed E-state index contributed by atoms with van der Waals surface area (Å²) in [6.07, 6.45) is 0.825. The van der Waals surface area contributed by atoms with Gasteiger partial charge in [0.1, 0.15) is 6.54 Å². The van der Waals surface area contributed by atoms with Crippen LogP contribution >= 0.6 is 0 Å². The lowest BCUT2D eigenvalue weighted by Gasteiger charge is -2.32. The number of carbonyl (C=O) groups excluding carboxylic acids is 1. The average molecular weight is 376 g/mol. The Kier molecular flexibility index (Phi) is 9.65. The molecule has 7 nitrogen and oxygen atoms in total. The van der Waals surface area contributed by atoms with Crippen molar-refractivity contribution < 1.29 is 9.53 Å². The minimum atomic E-state index is -0.0654. The van der Waals surface area contributed by atoms with Gasteiger partial charge in [0, 0.05) is 38.8 Å². The van der Waals surface area contributed by atoms with Gasteiger partial charge in [-0.3, -0.25) is 9.69 Å². The lowest BCUT2D eigenvalue weighted by molar-refractivity contribution is -0.119. The van der Waals surface area contributed by atoms with Crippen molar-refractivity contribution >= 4 is 11.9 Å². The molecule has 1 aliphatic rings. The van der Waals surface area contributed by atoms with Gasteiger partial charge in [-0.15, -0.1) is 0 Å². The standard InChI is InChI=1S/C20H33N5O2/c1-3-21-20(23-15-17(2)25-11-13-27-14-12-25)24-16-19(26)22-10-9-18-7-5-4-6-8-18/h4-8,17H,3,9-16H2,1-2H3,(H,22,26)(H2,21,23,24). The molecule has 27 heavy (non-hydrogen) atoms. The van der Waals surface area contributed by atoms with E-state index in [-0.39, 0.29) is 12.5 Å². The number of morpholine rings is 1. The van der Waals surface area contributed by atoms with Crippen LogP contribution < -0.4 is 16.0 Å². The Hall–Kier alpha value is -2.12. The van der Waals surface area contributed by atoms with Crippen LogP contribution in [0.25, 0.3) is 0 Å². The Balaban J connectivity index is 1.70. The van der Waals surface area contributed by atoms with Crippen LogP contribution in [0.15, 0.2) is 35.3 Å². The highest BCUT2D eigenvalue weighted by atomic mass is 16.5. The van der Waals surface area contributed by atoms with E-state index in [1.165, 1.54) is 5.56 Å². The summed E-state index contributed by atoms with van der Waals surface area (Å²) in [5.41, 5.74) is 1.22. The van der Waals surface area contributed by atoms with Gasteiger partial charge in [0.25, 0.3) is 0 Å². The number of rotatable bonds is 9. The predicted octanol–water partition coefficient (Wildman–Crippen LogP) is 0.621. The number of nitrogens with zero attached hydrogens (tertiary/aromatic N) is 2. The van der Waals surface area contributed by atoms with Gasteiger partial charge in [-0.1, -0.05) is 30.3 Å². The summed E-state index contributed by atoms with van der Waals surface area (Å²) >= 11 is 0. The second-order valence-corrected chi connectivity index (χ2v) is 6.66. The van der Waals surface area contributed by atoms with Crippen molar-refractivity contribution in [2.45, 2.75) is 26.3 Å². The van der Waals surface area contributed by atoms with Crippen LogP contribution in [-0.2, 0) is 16.0 Å². The van der Waals surface area contributed by atoms with Crippen molar-refractivity contribution in [2.75, 3.05) is 52.5 Å². The molecular formula is C20H33N5O2. The zero-order valence-electron chi connectivity index (χ0n) is 16.5. The summed E-state index contributed by atoms with van der Waals surface area (Å²) in [5.74, 6) is 0.611. The molecule has 3 N–H and O–H groups in total. The van der Waals surface area contributed by atoms with E-state index in [9.17, 15) is 4.79 Å².